The number of nitrogens with one attached hydrogen (secondary N) is 2. The van der Waals surface area contributed by atoms with Gasteiger partial charge in [0.15, 0.2) is 0 Å². The van der Waals surface area contributed by atoms with Gasteiger partial charge in [0.2, 0.25) is 0 Å². The van der Waals surface area contributed by atoms with Crippen LogP contribution in [0.4, 0.5) is 0 Å². The maximum Gasteiger partial charge on any atom is 0.251 e. The van der Waals surface area contributed by atoms with Crippen LogP contribution in [0.2, 0.25) is 0 Å². The summed E-state index contributed by atoms with van der Waals surface area (Å²) in [5.74, 6) is 0.0443. The average Bonchev–Trinajstić information content (AvgIpc) is 2.84. The Hall–Kier alpha value is -1.77. The van der Waals surface area contributed by atoms with E-state index in [0.29, 0.717) is 5.41 Å². The third-order valence-corrected chi connectivity index (χ3v) is 4.60. The lowest BCUT2D eigenvalue weighted by Crippen LogP contribution is -2.41. The zero-order valence-electron chi connectivity index (χ0n) is 11.3. The topological polar surface area (TPSA) is 44.9 Å². The molecule has 1 saturated carbocycles. The van der Waals surface area contributed by atoms with Crippen LogP contribution < -0.4 is 5.32 Å². The van der Waals surface area contributed by atoms with Gasteiger partial charge in [-0.3, -0.25) is 4.79 Å². The van der Waals surface area contributed by atoms with E-state index in [0.717, 1.165) is 29.4 Å². The molecule has 1 fully saturated rings. The van der Waals surface area contributed by atoms with Crippen LogP contribution in [-0.2, 0) is 0 Å². The van der Waals surface area contributed by atoms with Gasteiger partial charge in [-0.25, -0.2) is 0 Å². The van der Waals surface area contributed by atoms with E-state index in [1.54, 1.807) is 0 Å². The smallest absolute Gasteiger partial charge is 0.251 e. The van der Waals surface area contributed by atoms with Crippen LogP contribution in [0, 0.1) is 5.41 Å². The Kier molecular flexibility index (Phi) is 3.05. The first-order valence-electron chi connectivity index (χ1n) is 7.08. The van der Waals surface area contributed by atoms with E-state index >= 15 is 0 Å². The number of aromatic amines is 1. The Labute approximate surface area is 113 Å². The molecule has 0 saturated heterocycles. The molecule has 2 N–H and O–H groups in total. The molecule has 1 heterocycles. The lowest BCUT2D eigenvalue weighted by atomic mass is 9.67. The molecule has 100 valence electrons. The van der Waals surface area contributed by atoms with E-state index in [-0.39, 0.29) is 5.91 Å². The van der Waals surface area contributed by atoms with Crippen molar-refractivity contribution in [3.63, 3.8) is 0 Å². The SMILES string of the molecule is CCC1(CNC(=O)c2ccc3[nH]ccc3c2)CCC1. The van der Waals surface area contributed by atoms with Crippen molar-refractivity contribution in [2.75, 3.05) is 6.54 Å². The van der Waals surface area contributed by atoms with Gasteiger partial charge in [0, 0.05) is 29.2 Å². The summed E-state index contributed by atoms with van der Waals surface area (Å²) in [7, 11) is 0. The fourth-order valence-electron chi connectivity index (χ4n) is 2.90. The van der Waals surface area contributed by atoms with Crippen LogP contribution in [0.3, 0.4) is 0 Å². The maximum atomic E-state index is 12.2. The van der Waals surface area contributed by atoms with Crippen molar-refractivity contribution in [2.24, 2.45) is 5.41 Å². The Morgan fingerprint density at radius 1 is 1.37 bits per heavy atom. The summed E-state index contributed by atoms with van der Waals surface area (Å²) in [6, 6.07) is 7.78. The fourth-order valence-corrected chi connectivity index (χ4v) is 2.90. The summed E-state index contributed by atoms with van der Waals surface area (Å²) in [5, 5.41) is 4.19. The Morgan fingerprint density at radius 3 is 2.89 bits per heavy atom. The first-order chi connectivity index (χ1) is 9.22. The molecule has 3 nitrogen and oxygen atoms in total. The van der Waals surface area contributed by atoms with Crippen LogP contribution in [-0.4, -0.2) is 17.4 Å². The second kappa shape index (κ2) is 4.72. The molecule has 1 aromatic carbocycles. The van der Waals surface area contributed by atoms with Gasteiger partial charge in [0.25, 0.3) is 5.91 Å². The molecule has 3 heteroatoms. The molecular weight excluding hydrogens is 236 g/mol. The van der Waals surface area contributed by atoms with Crippen LogP contribution in [0.25, 0.3) is 10.9 Å². The molecule has 0 atom stereocenters. The number of amides is 1. The number of aromatic nitrogens is 1. The summed E-state index contributed by atoms with van der Waals surface area (Å²) in [4.78, 5) is 15.3. The standard InChI is InChI=1S/C16H20N2O/c1-2-16(7-3-8-16)11-18-15(19)13-4-5-14-12(10-13)6-9-17-14/h4-6,9-10,17H,2-3,7-8,11H2,1H3,(H,18,19). The number of carbonyl (C=O) groups excluding carboxylic acids is 1. The van der Waals surface area contributed by atoms with E-state index in [1.165, 1.54) is 19.3 Å². The molecular formula is C16H20N2O. The number of H-pyrrole nitrogens is 1. The summed E-state index contributed by atoms with van der Waals surface area (Å²) in [6.07, 6.45) is 6.86. The predicted molar refractivity (Wildman–Crippen MR) is 77.2 cm³/mol. The highest BCUT2D eigenvalue weighted by molar-refractivity contribution is 5.98. The zero-order chi connectivity index (χ0) is 13.3. The van der Waals surface area contributed by atoms with Gasteiger partial charge >= 0.3 is 0 Å². The highest BCUT2D eigenvalue weighted by Gasteiger charge is 2.35. The second-order valence-corrected chi connectivity index (χ2v) is 5.67. The van der Waals surface area contributed by atoms with Crippen molar-refractivity contribution < 1.29 is 4.79 Å². The fraction of sp³-hybridized carbons (Fsp3) is 0.438. The van der Waals surface area contributed by atoms with E-state index < -0.39 is 0 Å². The number of hydrogen-bond acceptors (Lipinski definition) is 1. The molecule has 2 aromatic rings. The van der Waals surface area contributed by atoms with Crippen LogP contribution in [0.15, 0.2) is 30.5 Å². The van der Waals surface area contributed by atoms with Gasteiger partial charge in [0.1, 0.15) is 0 Å². The van der Waals surface area contributed by atoms with Crippen molar-refractivity contribution >= 4 is 16.8 Å². The van der Waals surface area contributed by atoms with Crippen molar-refractivity contribution in [1.82, 2.24) is 10.3 Å². The van der Waals surface area contributed by atoms with E-state index in [1.807, 2.05) is 30.5 Å². The molecule has 1 amide bonds. The van der Waals surface area contributed by atoms with Gasteiger partial charge in [-0.2, -0.15) is 0 Å². The minimum absolute atomic E-state index is 0.0443. The monoisotopic (exact) mass is 256 g/mol. The molecule has 1 aliphatic rings. The molecule has 0 radical (unpaired) electrons. The second-order valence-electron chi connectivity index (χ2n) is 5.67. The van der Waals surface area contributed by atoms with Gasteiger partial charge in [-0.15, -0.1) is 0 Å². The van der Waals surface area contributed by atoms with Gasteiger partial charge in [-0.05, 0) is 48.9 Å². The highest BCUT2D eigenvalue weighted by atomic mass is 16.1. The minimum Gasteiger partial charge on any atom is -0.361 e. The van der Waals surface area contributed by atoms with Crippen LogP contribution >= 0.6 is 0 Å². The molecule has 0 bridgehead atoms. The first-order valence-corrected chi connectivity index (χ1v) is 7.08. The number of rotatable bonds is 4. The molecule has 19 heavy (non-hydrogen) atoms. The maximum absolute atomic E-state index is 12.2. The molecule has 1 aliphatic carbocycles. The molecule has 0 unspecified atom stereocenters. The largest absolute Gasteiger partial charge is 0.361 e. The van der Waals surface area contributed by atoms with E-state index in [2.05, 4.69) is 17.2 Å². The highest BCUT2D eigenvalue weighted by Crippen LogP contribution is 2.43. The summed E-state index contributed by atoms with van der Waals surface area (Å²) >= 11 is 0. The van der Waals surface area contributed by atoms with Gasteiger partial charge in [0.05, 0.1) is 0 Å². The van der Waals surface area contributed by atoms with Crippen molar-refractivity contribution in [1.29, 1.82) is 0 Å². The minimum atomic E-state index is 0.0443. The lowest BCUT2D eigenvalue weighted by molar-refractivity contribution is 0.0850. The van der Waals surface area contributed by atoms with Crippen LogP contribution in [0.5, 0.6) is 0 Å². The third-order valence-electron chi connectivity index (χ3n) is 4.60. The Balaban J connectivity index is 1.69. The quantitative estimate of drug-likeness (QED) is 0.864. The Morgan fingerprint density at radius 2 is 2.21 bits per heavy atom. The van der Waals surface area contributed by atoms with Crippen molar-refractivity contribution in [3.05, 3.63) is 36.0 Å². The average molecular weight is 256 g/mol. The summed E-state index contributed by atoms with van der Waals surface area (Å²) in [6.45, 7) is 3.03. The summed E-state index contributed by atoms with van der Waals surface area (Å²) in [5.41, 5.74) is 2.19. The third kappa shape index (κ3) is 2.25. The normalized spacial score (nSPS) is 17.1. The summed E-state index contributed by atoms with van der Waals surface area (Å²) < 4.78 is 0. The molecule has 1 aromatic heterocycles. The van der Waals surface area contributed by atoms with Crippen molar-refractivity contribution in [2.45, 2.75) is 32.6 Å². The first kappa shape index (κ1) is 12.3. The predicted octanol–water partition coefficient (Wildman–Crippen LogP) is 3.48. The molecule has 3 rings (SSSR count). The van der Waals surface area contributed by atoms with Crippen molar-refractivity contribution in [3.8, 4) is 0 Å². The Bertz CT molecular complexity index is 590. The van der Waals surface area contributed by atoms with Gasteiger partial charge < -0.3 is 10.3 Å². The molecule has 0 spiro atoms. The van der Waals surface area contributed by atoms with E-state index in [4.69, 9.17) is 0 Å². The lowest BCUT2D eigenvalue weighted by Gasteiger charge is -2.41. The number of hydrogen-bond donors (Lipinski definition) is 2. The number of fused-ring (bicyclic) bond motifs is 1. The zero-order valence-corrected chi connectivity index (χ0v) is 11.3. The van der Waals surface area contributed by atoms with E-state index in [9.17, 15) is 4.79 Å². The number of benzene rings is 1. The van der Waals surface area contributed by atoms with Crippen LogP contribution in [0.1, 0.15) is 43.0 Å². The number of carbonyl (C=O) groups is 1. The van der Waals surface area contributed by atoms with Gasteiger partial charge in [-0.1, -0.05) is 13.3 Å². The molecule has 0 aliphatic heterocycles.